The first-order valence-corrected chi connectivity index (χ1v) is 11.4. The van der Waals surface area contributed by atoms with Crippen LogP contribution in [0.4, 0.5) is 5.95 Å². The number of benzene rings is 2. The van der Waals surface area contributed by atoms with Gasteiger partial charge < -0.3 is 28.7 Å². The summed E-state index contributed by atoms with van der Waals surface area (Å²) < 4.78 is 22.2. The molecule has 3 aromatic rings. The van der Waals surface area contributed by atoms with Crippen molar-refractivity contribution in [3.05, 3.63) is 54.7 Å². The standard InChI is InChI=1S/C26H30N4O5/c1-18(35-20-8-6-5-7-9-20)25(31)29-12-14-30(15-13-29)26-27-11-10-21(28-26)19-16-22(32-2)24(34-4)23(17-19)33-3/h5-11,16-18H,12-15H2,1-4H3. The molecule has 9 nitrogen and oxygen atoms in total. The predicted molar refractivity (Wildman–Crippen MR) is 132 cm³/mol. The number of hydrogen-bond acceptors (Lipinski definition) is 8. The third kappa shape index (κ3) is 5.40. The lowest BCUT2D eigenvalue weighted by Crippen LogP contribution is -2.52. The van der Waals surface area contributed by atoms with Crippen LogP contribution in [-0.4, -0.2) is 74.4 Å². The zero-order chi connectivity index (χ0) is 24.8. The first-order valence-electron chi connectivity index (χ1n) is 11.4. The number of para-hydroxylation sites is 1. The fourth-order valence-corrected chi connectivity index (χ4v) is 4.03. The summed E-state index contributed by atoms with van der Waals surface area (Å²) in [5.41, 5.74) is 1.56. The number of anilines is 1. The summed E-state index contributed by atoms with van der Waals surface area (Å²) in [5, 5.41) is 0. The van der Waals surface area contributed by atoms with E-state index in [1.807, 2.05) is 53.4 Å². The first-order chi connectivity index (χ1) is 17.0. The van der Waals surface area contributed by atoms with E-state index in [0.717, 1.165) is 11.3 Å². The highest BCUT2D eigenvalue weighted by atomic mass is 16.5. The van der Waals surface area contributed by atoms with E-state index < -0.39 is 6.10 Å². The van der Waals surface area contributed by atoms with Crippen LogP contribution in [0.3, 0.4) is 0 Å². The van der Waals surface area contributed by atoms with Crippen molar-refractivity contribution < 1.29 is 23.7 Å². The molecule has 2 aromatic carbocycles. The zero-order valence-electron chi connectivity index (χ0n) is 20.4. The van der Waals surface area contributed by atoms with E-state index in [2.05, 4.69) is 9.88 Å². The molecule has 1 aromatic heterocycles. The minimum Gasteiger partial charge on any atom is -0.493 e. The SMILES string of the molecule is COc1cc(-c2ccnc(N3CCN(C(=O)C(C)Oc4ccccc4)CC3)n2)cc(OC)c1OC. The molecule has 1 atom stereocenters. The first kappa shape index (κ1) is 24.1. The van der Waals surface area contributed by atoms with Gasteiger partial charge in [-0.05, 0) is 37.3 Å². The summed E-state index contributed by atoms with van der Waals surface area (Å²) in [7, 11) is 4.74. The second-order valence-electron chi connectivity index (χ2n) is 8.04. The van der Waals surface area contributed by atoms with Gasteiger partial charge in [0.1, 0.15) is 5.75 Å². The number of ether oxygens (including phenoxy) is 4. The average molecular weight is 479 g/mol. The second kappa shape index (κ2) is 10.9. The number of methoxy groups -OCH3 is 3. The molecular weight excluding hydrogens is 448 g/mol. The fourth-order valence-electron chi connectivity index (χ4n) is 4.03. The average Bonchev–Trinajstić information content (AvgIpc) is 2.92. The van der Waals surface area contributed by atoms with Crippen LogP contribution < -0.4 is 23.8 Å². The van der Waals surface area contributed by atoms with Gasteiger partial charge in [0.2, 0.25) is 11.7 Å². The van der Waals surface area contributed by atoms with E-state index in [9.17, 15) is 4.79 Å². The molecule has 9 heteroatoms. The Morgan fingerprint density at radius 3 is 2.17 bits per heavy atom. The lowest BCUT2D eigenvalue weighted by Gasteiger charge is -2.35. The van der Waals surface area contributed by atoms with Crippen LogP contribution in [0, 0.1) is 0 Å². The van der Waals surface area contributed by atoms with Gasteiger partial charge in [0.25, 0.3) is 5.91 Å². The van der Waals surface area contributed by atoms with Gasteiger partial charge in [-0.25, -0.2) is 9.97 Å². The van der Waals surface area contributed by atoms with Gasteiger partial charge in [-0.2, -0.15) is 0 Å². The Hall–Kier alpha value is -4.01. The van der Waals surface area contributed by atoms with Crippen LogP contribution in [0.1, 0.15) is 6.92 Å². The molecule has 1 unspecified atom stereocenters. The molecule has 184 valence electrons. The molecule has 0 radical (unpaired) electrons. The van der Waals surface area contributed by atoms with Crippen molar-refractivity contribution in [2.24, 2.45) is 0 Å². The molecule has 4 rings (SSSR count). The van der Waals surface area contributed by atoms with E-state index in [0.29, 0.717) is 55.1 Å². The van der Waals surface area contributed by atoms with Crippen molar-refractivity contribution in [2.75, 3.05) is 52.4 Å². The molecule has 1 saturated heterocycles. The number of aromatic nitrogens is 2. The molecule has 35 heavy (non-hydrogen) atoms. The van der Waals surface area contributed by atoms with Gasteiger partial charge in [-0.1, -0.05) is 18.2 Å². The van der Waals surface area contributed by atoms with E-state index in [1.165, 1.54) is 0 Å². The van der Waals surface area contributed by atoms with Crippen molar-refractivity contribution in [1.82, 2.24) is 14.9 Å². The smallest absolute Gasteiger partial charge is 0.263 e. The maximum absolute atomic E-state index is 12.9. The summed E-state index contributed by atoms with van der Waals surface area (Å²) in [6.07, 6.45) is 1.18. The highest BCUT2D eigenvalue weighted by Gasteiger charge is 2.27. The molecule has 0 N–H and O–H groups in total. The van der Waals surface area contributed by atoms with Crippen LogP contribution in [0.2, 0.25) is 0 Å². The fraction of sp³-hybridized carbons (Fsp3) is 0.346. The Labute approximate surface area is 205 Å². The van der Waals surface area contributed by atoms with Crippen molar-refractivity contribution in [3.63, 3.8) is 0 Å². The van der Waals surface area contributed by atoms with Crippen LogP contribution in [-0.2, 0) is 4.79 Å². The normalized spacial score (nSPS) is 14.3. The van der Waals surface area contributed by atoms with Gasteiger partial charge in [-0.15, -0.1) is 0 Å². The molecule has 0 aliphatic carbocycles. The molecular formula is C26H30N4O5. The van der Waals surface area contributed by atoms with Crippen LogP contribution in [0.5, 0.6) is 23.0 Å². The molecule has 1 fully saturated rings. The van der Waals surface area contributed by atoms with E-state index in [-0.39, 0.29) is 5.91 Å². The highest BCUT2D eigenvalue weighted by Crippen LogP contribution is 2.40. The van der Waals surface area contributed by atoms with Crippen LogP contribution >= 0.6 is 0 Å². The number of piperazine rings is 1. The third-order valence-corrected chi connectivity index (χ3v) is 5.88. The number of carbonyl (C=O) groups excluding carboxylic acids is 1. The third-order valence-electron chi connectivity index (χ3n) is 5.88. The molecule has 2 heterocycles. The quantitative estimate of drug-likeness (QED) is 0.488. The number of hydrogen-bond donors (Lipinski definition) is 0. The van der Waals surface area contributed by atoms with E-state index in [1.54, 1.807) is 34.4 Å². The Morgan fingerprint density at radius 2 is 1.57 bits per heavy atom. The number of rotatable bonds is 8. The van der Waals surface area contributed by atoms with Crippen LogP contribution in [0.15, 0.2) is 54.7 Å². The maximum Gasteiger partial charge on any atom is 0.263 e. The number of amides is 1. The van der Waals surface area contributed by atoms with Crippen molar-refractivity contribution >= 4 is 11.9 Å². The van der Waals surface area contributed by atoms with Crippen molar-refractivity contribution in [3.8, 4) is 34.3 Å². The summed E-state index contributed by atoms with van der Waals surface area (Å²) in [4.78, 5) is 26.0. The van der Waals surface area contributed by atoms with E-state index in [4.69, 9.17) is 23.9 Å². The molecule has 0 saturated carbocycles. The minimum absolute atomic E-state index is 0.0272. The maximum atomic E-state index is 12.9. The topological polar surface area (TPSA) is 86.3 Å². The summed E-state index contributed by atoms with van der Waals surface area (Å²) >= 11 is 0. The Kier molecular flexibility index (Phi) is 7.54. The molecule has 1 aliphatic heterocycles. The van der Waals surface area contributed by atoms with E-state index >= 15 is 0 Å². The van der Waals surface area contributed by atoms with Gasteiger partial charge in [0, 0.05) is 37.9 Å². The van der Waals surface area contributed by atoms with Gasteiger partial charge in [-0.3, -0.25) is 4.79 Å². The van der Waals surface area contributed by atoms with Gasteiger partial charge >= 0.3 is 0 Å². The summed E-state index contributed by atoms with van der Waals surface area (Å²) in [5.74, 6) is 2.91. The number of nitrogens with zero attached hydrogens (tertiary/aromatic N) is 4. The van der Waals surface area contributed by atoms with Crippen LogP contribution in [0.25, 0.3) is 11.3 Å². The lowest BCUT2D eigenvalue weighted by molar-refractivity contribution is -0.138. The Bertz CT molecular complexity index is 1120. The lowest BCUT2D eigenvalue weighted by atomic mass is 10.1. The molecule has 0 spiro atoms. The monoisotopic (exact) mass is 478 g/mol. The second-order valence-corrected chi connectivity index (χ2v) is 8.04. The van der Waals surface area contributed by atoms with Crippen molar-refractivity contribution in [2.45, 2.75) is 13.0 Å². The minimum atomic E-state index is -0.552. The molecule has 1 aliphatic rings. The summed E-state index contributed by atoms with van der Waals surface area (Å²) in [6, 6.07) is 14.9. The number of carbonyl (C=O) groups is 1. The molecule has 1 amide bonds. The Balaban J connectivity index is 1.44. The predicted octanol–water partition coefficient (Wildman–Crippen LogP) is 3.29. The van der Waals surface area contributed by atoms with Gasteiger partial charge in [0.05, 0.1) is 27.0 Å². The zero-order valence-corrected chi connectivity index (χ0v) is 20.4. The van der Waals surface area contributed by atoms with Gasteiger partial charge in [0.15, 0.2) is 17.6 Å². The summed E-state index contributed by atoms with van der Waals surface area (Å²) in [6.45, 7) is 4.18. The highest BCUT2D eigenvalue weighted by molar-refractivity contribution is 5.81. The molecule has 0 bridgehead atoms. The van der Waals surface area contributed by atoms with Crippen molar-refractivity contribution in [1.29, 1.82) is 0 Å². The Morgan fingerprint density at radius 1 is 0.914 bits per heavy atom. The largest absolute Gasteiger partial charge is 0.493 e.